The number of hydrogen-bond acceptors (Lipinski definition) is 2. The molecule has 2 aromatic heterocycles. The lowest BCUT2D eigenvalue weighted by Crippen LogP contribution is -2.30. The van der Waals surface area contributed by atoms with Crippen LogP contribution in [0, 0.1) is 23.5 Å². The van der Waals surface area contributed by atoms with Crippen LogP contribution in [0.15, 0.2) is 48.8 Å². The summed E-state index contributed by atoms with van der Waals surface area (Å²) in [6.07, 6.45) is 11.2. The molecule has 6 heteroatoms. The second-order valence-electron chi connectivity index (χ2n) is 10.4. The molecule has 2 aliphatic rings. The quantitative estimate of drug-likeness (QED) is 0.276. The summed E-state index contributed by atoms with van der Waals surface area (Å²) in [6.45, 7) is 8.59. The Kier molecular flexibility index (Phi) is 9.75. The zero-order chi connectivity index (χ0) is 26.2. The fraction of sp³-hybridized carbons (Fsp3) is 0.484. The summed E-state index contributed by atoms with van der Waals surface area (Å²) in [5, 5.41) is 5.47. The molecule has 0 amide bonds. The largest absolute Gasteiger partial charge is 0.361 e. The number of rotatable bonds is 4. The molecule has 4 nitrogen and oxygen atoms in total. The van der Waals surface area contributed by atoms with E-state index in [1.54, 1.807) is 12.1 Å². The van der Waals surface area contributed by atoms with E-state index in [4.69, 9.17) is 0 Å². The Bertz CT molecular complexity index is 1250. The van der Waals surface area contributed by atoms with Gasteiger partial charge in [-0.15, -0.1) is 0 Å². The van der Waals surface area contributed by atoms with Crippen LogP contribution in [-0.4, -0.2) is 48.1 Å². The van der Waals surface area contributed by atoms with Gasteiger partial charge in [0, 0.05) is 34.2 Å². The molecule has 0 unspecified atom stereocenters. The lowest BCUT2D eigenvalue weighted by Gasteiger charge is -2.28. The molecule has 6 rings (SSSR count). The summed E-state index contributed by atoms with van der Waals surface area (Å²) in [5.41, 5.74) is 4.60. The molecule has 4 heterocycles. The highest BCUT2D eigenvalue weighted by atomic mass is 19.1. The topological polar surface area (TPSA) is 46.9 Å². The molecule has 0 spiro atoms. The maximum absolute atomic E-state index is 13.3. The molecule has 2 fully saturated rings. The Morgan fingerprint density at radius 3 is 1.68 bits per heavy atom. The summed E-state index contributed by atoms with van der Waals surface area (Å²) in [5.74, 6) is 1.18. The summed E-state index contributed by atoms with van der Waals surface area (Å²) >= 11 is 0. The number of hydrogen-bond donors (Lipinski definition) is 3. The van der Waals surface area contributed by atoms with Crippen molar-refractivity contribution >= 4 is 21.8 Å². The highest BCUT2D eigenvalue weighted by Gasteiger charge is 2.18. The first-order valence-corrected chi connectivity index (χ1v) is 14.0. The molecule has 0 atom stereocenters. The highest BCUT2D eigenvalue weighted by Crippen LogP contribution is 2.27. The molecular weight excluding hydrogens is 466 g/mol. The van der Waals surface area contributed by atoms with E-state index in [1.165, 1.54) is 62.0 Å². The number of aromatic nitrogens is 2. The zero-order valence-corrected chi connectivity index (χ0v) is 22.5. The summed E-state index contributed by atoms with van der Waals surface area (Å²) in [4.78, 5) is 8.84. The lowest BCUT2D eigenvalue weighted by molar-refractivity contribution is 0.219. The van der Waals surface area contributed by atoms with Crippen LogP contribution in [0.1, 0.15) is 50.7 Å². The molecule has 37 heavy (non-hydrogen) atoms. The maximum atomic E-state index is 13.3. The molecule has 4 aromatic rings. The first kappa shape index (κ1) is 27.3. The number of likely N-dealkylation sites (tertiary alicyclic amines) is 1. The zero-order valence-electron chi connectivity index (χ0n) is 22.5. The van der Waals surface area contributed by atoms with Gasteiger partial charge in [0.05, 0.1) is 0 Å². The molecular formula is C31H42F2N4. The van der Waals surface area contributed by atoms with Gasteiger partial charge in [-0.2, -0.15) is 0 Å². The van der Waals surface area contributed by atoms with Crippen LogP contribution in [0.4, 0.5) is 8.78 Å². The van der Waals surface area contributed by atoms with E-state index in [0.29, 0.717) is 0 Å². The number of aromatic amines is 2. The molecule has 2 aromatic carbocycles. The average Bonchev–Trinajstić information content (AvgIpc) is 3.51. The van der Waals surface area contributed by atoms with E-state index in [0.717, 1.165) is 59.6 Å². The summed E-state index contributed by atoms with van der Waals surface area (Å²) in [7, 11) is 2.18. The summed E-state index contributed by atoms with van der Waals surface area (Å²) < 4.78 is 26.6. The smallest absolute Gasteiger partial charge is 0.123 e. The number of halogens is 2. The molecule has 0 radical (unpaired) electrons. The van der Waals surface area contributed by atoms with E-state index in [1.807, 2.05) is 38.4 Å². The van der Waals surface area contributed by atoms with E-state index >= 15 is 0 Å². The van der Waals surface area contributed by atoms with Gasteiger partial charge in [0.15, 0.2) is 0 Å². The van der Waals surface area contributed by atoms with Crippen LogP contribution >= 0.6 is 0 Å². The Morgan fingerprint density at radius 2 is 1.19 bits per heavy atom. The van der Waals surface area contributed by atoms with Crippen molar-refractivity contribution in [3.63, 3.8) is 0 Å². The van der Waals surface area contributed by atoms with E-state index in [2.05, 4.69) is 27.2 Å². The van der Waals surface area contributed by atoms with Gasteiger partial charge < -0.3 is 20.2 Å². The van der Waals surface area contributed by atoms with Crippen LogP contribution in [-0.2, 0) is 12.8 Å². The number of fused-ring (bicyclic) bond motifs is 2. The SMILES string of the molecule is CC.CN1CCC(Cc2c[nH]c3ccc(F)cc23)CC1.Fc1ccc2[nH]cc(CC3CCNCC3)c2c1. The Morgan fingerprint density at radius 1 is 0.730 bits per heavy atom. The average molecular weight is 509 g/mol. The lowest BCUT2D eigenvalue weighted by atomic mass is 9.90. The van der Waals surface area contributed by atoms with Gasteiger partial charge in [0.2, 0.25) is 0 Å². The molecule has 2 saturated heterocycles. The highest BCUT2D eigenvalue weighted by molar-refractivity contribution is 5.83. The fourth-order valence-electron chi connectivity index (χ4n) is 5.61. The van der Waals surface area contributed by atoms with Crippen molar-refractivity contribution in [2.24, 2.45) is 11.8 Å². The minimum atomic E-state index is -0.149. The standard InChI is InChI=1S/C15H19FN2.C14H17FN2.C2H6/c1-18-6-4-11(5-7-18)8-12-10-17-15-3-2-13(16)9-14(12)15;15-12-1-2-14-13(8-12)11(9-17-14)7-10-3-5-16-6-4-10;1-2/h2-3,9-11,17H,4-8H2,1H3;1-2,8-10,16-17H,3-7H2;1-2H3. The fourth-order valence-corrected chi connectivity index (χ4v) is 5.61. The molecule has 200 valence electrons. The van der Waals surface area contributed by atoms with Gasteiger partial charge >= 0.3 is 0 Å². The van der Waals surface area contributed by atoms with Gasteiger partial charge in [-0.05, 0) is 131 Å². The Balaban J connectivity index is 0.000000162. The molecule has 3 N–H and O–H groups in total. The number of nitrogens with zero attached hydrogens (tertiary/aromatic N) is 1. The minimum absolute atomic E-state index is 0.147. The van der Waals surface area contributed by atoms with Crippen molar-refractivity contribution in [3.05, 3.63) is 71.6 Å². The second kappa shape index (κ2) is 13.2. The van der Waals surface area contributed by atoms with Gasteiger partial charge in [-0.25, -0.2) is 8.78 Å². The molecule has 0 saturated carbocycles. The predicted octanol–water partition coefficient (Wildman–Crippen LogP) is 7.07. The third-order valence-corrected chi connectivity index (χ3v) is 7.77. The third kappa shape index (κ3) is 7.20. The number of piperidine rings is 2. The van der Waals surface area contributed by atoms with E-state index in [-0.39, 0.29) is 11.6 Å². The first-order valence-electron chi connectivity index (χ1n) is 14.0. The van der Waals surface area contributed by atoms with Crippen molar-refractivity contribution in [1.29, 1.82) is 0 Å². The van der Waals surface area contributed by atoms with Gasteiger partial charge in [0.1, 0.15) is 11.6 Å². The van der Waals surface area contributed by atoms with Crippen molar-refractivity contribution < 1.29 is 8.78 Å². The van der Waals surface area contributed by atoms with Gasteiger partial charge in [-0.1, -0.05) is 13.8 Å². The summed E-state index contributed by atoms with van der Waals surface area (Å²) in [6, 6.07) is 9.95. The minimum Gasteiger partial charge on any atom is -0.361 e. The normalized spacial score (nSPS) is 17.3. The second-order valence-corrected chi connectivity index (χ2v) is 10.4. The van der Waals surface area contributed by atoms with Crippen LogP contribution in [0.2, 0.25) is 0 Å². The van der Waals surface area contributed by atoms with Crippen LogP contribution < -0.4 is 5.32 Å². The Labute approximate surface area is 219 Å². The number of H-pyrrole nitrogens is 2. The predicted molar refractivity (Wildman–Crippen MR) is 151 cm³/mol. The van der Waals surface area contributed by atoms with Crippen molar-refractivity contribution in [3.8, 4) is 0 Å². The van der Waals surface area contributed by atoms with Crippen LogP contribution in [0.3, 0.4) is 0 Å². The van der Waals surface area contributed by atoms with Crippen molar-refractivity contribution in [2.75, 3.05) is 33.2 Å². The van der Waals surface area contributed by atoms with Crippen molar-refractivity contribution in [2.45, 2.75) is 52.4 Å². The number of benzene rings is 2. The van der Waals surface area contributed by atoms with E-state index in [9.17, 15) is 8.78 Å². The van der Waals surface area contributed by atoms with Crippen molar-refractivity contribution in [1.82, 2.24) is 20.2 Å². The first-order chi connectivity index (χ1) is 18.0. The Hall–Kier alpha value is -2.70. The van der Waals surface area contributed by atoms with Gasteiger partial charge in [0.25, 0.3) is 0 Å². The van der Waals surface area contributed by atoms with Crippen LogP contribution in [0.25, 0.3) is 21.8 Å². The maximum Gasteiger partial charge on any atom is 0.123 e. The van der Waals surface area contributed by atoms with Crippen LogP contribution in [0.5, 0.6) is 0 Å². The van der Waals surface area contributed by atoms with Gasteiger partial charge in [-0.3, -0.25) is 0 Å². The van der Waals surface area contributed by atoms with E-state index < -0.39 is 0 Å². The molecule has 0 aliphatic carbocycles. The monoisotopic (exact) mass is 508 g/mol. The molecule has 0 bridgehead atoms. The third-order valence-electron chi connectivity index (χ3n) is 7.77. The molecule has 2 aliphatic heterocycles. The number of nitrogens with one attached hydrogen (secondary N) is 3.